The summed E-state index contributed by atoms with van der Waals surface area (Å²) in [6.07, 6.45) is 1.61. The van der Waals surface area contributed by atoms with Crippen LogP contribution in [0.25, 0.3) is 0 Å². The van der Waals surface area contributed by atoms with E-state index in [-0.39, 0.29) is 0 Å². The Bertz CT molecular complexity index is 336. The highest BCUT2D eigenvalue weighted by Gasteiger charge is 2.45. The van der Waals surface area contributed by atoms with E-state index in [4.69, 9.17) is 0 Å². The van der Waals surface area contributed by atoms with Gasteiger partial charge in [0.05, 0.1) is 5.69 Å². The third-order valence-electron chi connectivity index (χ3n) is 2.12. The lowest BCUT2D eigenvalue weighted by Crippen LogP contribution is -2.42. The van der Waals surface area contributed by atoms with Gasteiger partial charge in [0.25, 0.3) is 0 Å². The average Bonchev–Trinajstić information content (AvgIpc) is 2.69. The Morgan fingerprint density at radius 3 is 3.00 bits per heavy atom. The van der Waals surface area contributed by atoms with Crippen LogP contribution in [0.4, 0.5) is 0 Å². The van der Waals surface area contributed by atoms with E-state index < -0.39 is 10.8 Å². The summed E-state index contributed by atoms with van der Waals surface area (Å²) in [6, 6.07) is 5.31. The number of pyridine rings is 1. The SMILES string of the molecule is O=C(O)C1(c2ccccn2)NCCS1. The topological polar surface area (TPSA) is 62.2 Å². The molecule has 1 aliphatic rings. The zero-order valence-corrected chi connectivity index (χ0v) is 8.25. The van der Waals surface area contributed by atoms with Crippen LogP contribution in [0.2, 0.25) is 0 Å². The maximum absolute atomic E-state index is 11.2. The number of aliphatic carboxylic acids is 1. The average molecular weight is 210 g/mol. The number of nitrogens with one attached hydrogen (secondary N) is 1. The van der Waals surface area contributed by atoms with E-state index in [9.17, 15) is 9.90 Å². The Labute approximate surface area is 85.7 Å². The quantitative estimate of drug-likeness (QED) is 0.750. The highest BCUT2D eigenvalue weighted by atomic mass is 32.2. The number of hydrogen-bond donors (Lipinski definition) is 2. The minimum Gasteiger partial charge on any atom is -0.479 e. The molecule has 2 N–H and O–H groups in total. The normalized spacial score (nSPS) is 26.3. The highest BCUT2D eigenvalue weighted by Crippen LogP contribution is 2.36. The van der Waals surface area contributed by atoms with E-state index >= 15 is 0 Å². The molecule has 0 aliphatic carbocycles. The highest BCUT2D eigenvalue weighted by molar-refractivity contribution is 8.01. The van der Waals surface area contributed by atoms with Crippen molar-refractivity contribution in [2.75, 3.05) is 12.3 Å². The predicted molar refractivity (Wildman–Crippen MR) is 54.0 cm³/mol. The van der Waals surface area contributed by atoms with Crippen molar-refractivity contribution in [3.63, 3.8) is 0 Å². The molecule has 2 heterocycles. The van der Waals surface area contributed by atoms with E-state index in [0.717, 1.165) is 5.75 Å². The molecule has 1 atom stereocenters. The van der Waals surface area contributed by atoms with Crippen molar-refractivity contribution in [2.45, 2.75) is 4.87 Å². The molecule has 0 radical (unpaired) electrons. The Kier molecular flexibility index (Phi) is 2.43. The van der Waals surface area contributed by atoms with Crippen LogP contribution in [0.15, 0.2) is 24.4 Å². The lowest BCUT2D eigenvalue weighted by Gasteiger charge is -2.22. The molecule has 1 aromatic heterocycles. The molecular weight excluding hydrogens is 200 g/mol. The van der Waals surface area contributed by atoms with Crippen molar-refractivity contribution in [3.05, 3.63) is 30.1 Å². The number of carboxylic acids is 1. The molecule has 74 valence electrons. The molecular formula is C9H10N2O2S. The number of carbonyl (C=O) groups is 1. The summed E-state index contributed by atoms with van der Waals surface area (Å²) in [5, 5.41) is 12.2. The summed E-state index contributed by atoms with van der Waals surface area (Å²) >= 11 is 1.38. The minimum absolute atomic E-state index is 0.565. The zero-order valence-electron chi connectivity index (χ0n) is 7.43. The van der Waals surface area contributed by atoms with Gasteiger partial charge >= 0.3 is 5.97 Å². The molecule has 1 aromatic rings. The fourth-order valence-corrected chi connectivity index (χ4v) is 2.57. The molecule has 4 nitrogen and oxygen atoms in total. The van der Waals surface area contributed by atoms with E-state index in [2.05, 4.69) is 10.3 Å². The molecule has 1 aliphatic heterocycles. The molecule has 0 saturated carbocycles. The lowest BCUT2D eigenvalue weighted by atomic mass is 10.2. The Morgan fingerprint density at radius 2 is 2.50 bits per heavy atom. The smallest absolute Gasteiger partial charge is 0.340 e. The van der Waals surface area contributed by atoms with Crippen LogP contribution in [0.1, 0.15) is 5.69 Å². The molecule has 2 rings (SSSR count). The molecule has 14 heavy (non-hydrogen) atoms. The standard InChI is InChI=1S/C9H10N2O2S/c12-8(13)9(11-5-6-14-9)7-3-1-2-4-10-7/h1-4,11H,5-6H2,(H,12,13). The molecule has 1 saturated heterocycles. The Hall–Kier alpha value is -1.07. The van der Waals surface area contributed by atoms with Crippen LogP contribution < -0.4 is 5.32 Å². The van der Waals surface area contributed by atoms with Crippen molar-refractivity contribution in [2.24, 2.45) is 0 Å². The first-order chi connectivity index (χ1) is 6.76. The van der Waals surface area contributed by atoms with Crippen molar-refractivity contribution < 1.29 is 9.90 Å². The number of thioether (sulfide) groups is 1. The Morgan fingerprint density at radius 1 is 1.64 bits per heavy atom. The second kappa shape index (κ2) is 3.59. The van der Waals surface area contributed by atoms with Crippen LogP contribution in [-0.4, -0.2) is 28.4 Å². The van der Waals surface area contributed by atoms with Crippen LogP contribution in [0.3, 0.4) is 0 Å². The van der Waals surface area contributed by atoms with Crippen molar-refractivity contribution >= 4 is 17.7 Å². The van der Waals surface area contributed by atoms with Crippen LogP contribution in [-0.2, 0) is 9.67 Å². The van der Waals surface area contributed by atoms with E-state index in [1.165, 1.54) is 11.8 Å². The summed E-state index contributed by atoms with van der Waals surface area (Å²) < 4.78 is 0. The summed E-state index contributed by atoms with van der Waals surface area (Å²) in [5.74, 6) is -0.0817. The van der Waals surface area contributed by atoms with Gasteiger partial charge in [-0.1, -0.05) is 6.07 Å². The first kappa shape index (κ1) is 9.48. The summed E-state index contributed by atoms with van der Waals surface area (Å²) in [7, 11) is 0. The minimum atomic E-state index is -1.04. The van der Waals surface area contributed by atoms with Gasteiger partial charge in [-0.3, -0.25) is 10.3 Å². The van der Waals surface area contributed by atoms with E-state index in [1.54, 1.807) is 24.4 Å². The molecule has 5 heteroatoms. The monoisotopic (exact) mass is 210 g/mol. The number of hydrogen-bond acceptors (Lipinski definition) is 4. The maximum atomic E-state index is 11.2. The van der Waals surface area contributed by atoms with Gasteiger partial charge in [-0.15, -0.1) is 11.8 Å². The van der Waals surface area contributed by atoms with Crippen LogP contribution >= 0.6 is 11.8 Å². The fraction of sp³-hybridized carbons (Fsp3) is 0.333. The van der Waals surface area contributed by atoms with Crippen molar-refractivity contribution in [1.82, 2.24) is 10.3 Å². The van der Waals surface area contributed by atoms with Gasteiger partial charge < -0.3 is 5.11 Å². The van der Waals surface area contributed by atoms with Crippen LogP contribution in [0.5, 0.6) is 0 Å². The van der Waals surface area contributed by atoms with E-state index in [1.807, 2.05) is 0 Å². The summed E-state index contributed by atoms with van der Waals surface area (Å²) in [5.41, 5.74) is 0.565. The van der Waals surface area contributed by atoms with Gasteiger partial charge in [-0.2, -0.15) is 0 Å². The third-order valence-corrected chi connectivity index (χ3v) is 3.49. The van der Waals surface area contributed by atoms with Gasteiger partial charge in [0.15, 0.2) is 0 Å². The molecule has 1 fully saturated rings. The number of rotatable bonds is 2. The molecule has 0 amide bonds. The van der Waals surface area contributed by atoms with Crippen LogP contribution in [0, 0.1) is 0 Å². The number of aromatic nitrogens is 1. The zero-order chi connectivity index (χ0) is 10.0. The molecule has 0 bridgehead atoms. The largest absolute Gasteiger partial charge is 0.479 e. The van der Waals surface area contributed by atoms with Gasteiger partial charge in [-0.05, 0) is 12.1 Å². The molecule has 1 unspecified atom stereocenters. The van der Waals surface area contributed by atoms with Gasteiger partial charge in [0.2, 0.25) is 4.87 Å². The second-order valence-electron chi connectivity index (χ2n) is 2.98. The van der Waals surface area contributed by atoms with Gasteiger partial charge in [0.1, 0.15) is 0 Å². The number of carboxylic acid groups (broad SMARTS) is 1. The summed E-state index contributed by atoms with van der Waals surface area (Å²) in [4.78, 5) is 14.3. The van der Waals surface area contributed by atoms with Gasteiger partial charge in [-0.25, -0.2) is 4.79 Å². The predicted octanol–water partition coefficient (Wildman–Crippen LogP) is 0.655. The third kappa shape index (κ3) is 1.38. The number of nitrogens with zero attached hydrogens (tertiary/aromatic N) is 1. The Balaban J connectivity index is 2.42. The summed E-state index contributed by atoms with van der Waals surface area (Å²) in [6.45, 7) is 0.702. The second-order valence-corrected chi connectivity index (χ2v) is 4.29. The first-order valence-electron chi connectivity index (χ1n) is 4.29. The van der Waals surface area contributed by atoms with Crippen molar-refractivity contribution in [3.8, 4) is 0 Å². The lowest BCUT2D eigenvalue weighted by molar-refractivity contribution is -0.141. The maximum Gasteiger partial charge on any atom is 0.340 e. The molecule has 0 aromatic carbocycles. The molecule has 0 spiro atoms. The fourth-order valence-electron chi connectivity index (χ4n) is 1.46. The van der Waals surface area contributed by atoms with Crippen molar-refractivity contribution in [1.29, 1.82) is 0 Å². The van der Waals surface area contributed by atoms with E-state index in [0.29, 0.717) is 12.2 Å². The first-order valence-corrected chi connectivity index (χ1v) is 5.28. The van der Waals surface area contributed by atoms with Gasteiger partial charge in [0, 0.05) is 18.5 Å².